The number of carbonyl (C=O) groups excluding carboxylic acids is 1. The topological polar surface area (TPSA) is 91.6 Å². The van der Waals surface area contributed by atoms with Gasteiger partial charge in [0.2, 0.25) is 11.5 Å². The molecule has 2 aromatic heterocycles. The molecule has 9 heteroatoms. The minimum atomic E-state index is -0.154. The Balaban J connectivity index is 1.74. The third-order valence-electron chi connectivity index (χ3n) is 5.58. The summed E-state index contributed by atoms with van der Waals surface area (Å²) in [5, 5.41) is 10.2. The average Bonchev–Trinajstić information content (AvgIpc) is 3.22. The van der Waals surface area contributed by atoms with Crippen LogP contribution in [0.15, 0.2) is 24.7 Å². The number of aryl methyl sites for hydroxylation is 1. The Morgan fingerprint density at radius 2 is 1.93 bits per heavy atom. The van der Waals surface area contributed by atoms with E-state index in [1.54, 1.807) is 44.5 Å². The number of ketones is 1. The van der Waals surface area contributed by atoms with Gasteiger partial charge in [-0.25, -0.2) is 4.98 Å². The number of methoxy groups -OCH3 is 3. The van der Waals surface area contributed by atoms with Crippen LogP contribution in [-0.4, -0.2) is 60.0 Å². The van der Waals surface area contributed by atoms with Gasteiger partial charge < -0.3 is 23.7 Å². The maximum absolute atomic E-state index is 13.0. The molecule has 1 unspecified atom stereocenters. The summed E-state index contributed by atoms with van der Waals surface area (Å²) in [5.74, 6) is 2.68. The van der Waals surface area contributed by atoms with Gasteiger partial charge in [-0.15, -0.1) is 5.10 Å². The van der Waals surface area contributed by atoms with Crippen LogP contribution >= 0.6 is 0 Å². The molecule has 0 radical (unpaired) electrons. The minimum Gasteiger partial charge on any atom is -0.493 e. The fourth-order valence-corrected chi connectivity index (χ4v) is 4.09. The molecule has 1 aromatic carbocycles. The molecule has 0 aliphatic carbocycles. The van der Waals surface area contributed by atoms with E-state index < -0.39 is 0 Å². The molecular formula is C21H25N5O4. The largest absolute Gasteiger partial charge is 0.493 e. The summed E-state index contributed by atoms with van der Waals surface area (Å²) in [4.78, 5) is 19.3. The molecule has 0 bridgehead atoms. The van der Waals surface area contributed by atoms with Crippen molar-refractivity contribution in [2.75, 3.05) is 39.3 Å². The summed E-state index contributed by atoms with van der Waals surface area (Å²) in [6, 6.07) is 1.88. The number of ether oxygens (including phenoxy) is 3. The number of imidazole rings is 1. The Labute approximate surface area is 174 Å². The smallest absolute Gasteiger partial charge is 0.204 e. The molecule has 1 fully saturated rings. The van der Waals surface area contributed by atoms with Gasteiger partial charge in [-0.2, -0.15) is 5.10 Å². The van der Waals surface area contributed by atoms with Gasteiger partial charge in [-0.05, 0) is 18.9 Å². The molecular weight excluding hydrogens is 386 g/mol. The van der Waals surface area contributed by atoms with Crippen molar-refractivity contribution in [3.63, 3.8) is 0 Å². The highest BCUT2D eigenvalue weighted by molar-refractivity contribution is 6.00. The van der Waals surface area contributed by atoms with Crippen LogP contribution in [0.5, 0.6) is 17.2 Å². The molecule has 0 saturated carbocycles. The highest BCUT2D eigenvalue weighted by Gasteiger charge is 2.31. The number of nitrogens with zero attached hydrogens (tertiary/aromatic N) is 5. The number of hydrogen-bond acceptors (Lipinski definition) is 8. The Bertz CT molecular complexity index is 1080. The Morgan fingerprint density at radius 1 is 1.13 bits per heavy atom. The second-order valence-electron chi connectivity index (χ2n) is 7.29. The van der Waals surface area contributed by atoms with Crippen molar-refractivity contribution in [2.24, 2.45) is 13.0 Å². The predicted molar refractivity (Wildman–Crippen MR) is 112 cm³/mol. The van der Waals surface area contributed by atoms with E-state index in [0.717, 1.165) is 30.2 Å². The van der Waals surface area contributed by atoms with Gasteiger partial charge in [0, 0.05) is 43.8 Å². The fourth-order valence-electron chi connectivity index (χ4n) is 4.09. The summed E-state index contributed by atoms with van der Waals surface area (Å²) in [7, 11) is 6.57. The molecule has 0 spiro atoms. The van der Waals surface area contributed by atoms with Crippen molar-refractivity contribution in [2.45, 2.75) is 12.8 Å². The summed E-state index contributed by atoms with van der Waals surface area (Å²) < 4.78 is 18.4. The van der Waals surface area contributed by atoms with E-state index in [2.05, 4.69) is 20.1 Å². The van der Waals surface area contributed by atoms with Crippen LogP contribution in [-0.2, 0) is 7.05 Å². The molecule has 1 aliphatic heterocycles. The molecule has 158 valence electrons. The standard InChI is InChI=1S/C21H25N5O4/c1-25-9-7-22-21(25)17(27)13-6-5-8-26(12-13)20-14-10-16(28-2)19(30-4)18(29-3)15(14)11-23-24-20/h7,9-11,13H,5-6,8,12H2,1-4H3. The number of piperidine rings is 1. The molecule has 9 nitrogen and oxygen atoms in total. The van der Waals surface area contributed by atoms with Crippen molar-refractivity contribution in [1.82, 2.24) is 19.7 Å². The first-order valence-corrected chi connectivity index (χ1v) is 9.79. The van der Waals surface area contributed by atoms with Crippen LogP contribution in [0.3, 0.4) is 0 Å². The fraction of sp³-hybridized carbons (Fsp3) is 0.429. The number of fused-ring (bicyclic) bond motifs is 1. The Morgan fingerprint density at radius 3 is 2.60 bits per heavy atom. The van der Waals surface area contributed by atoms with Crippen molar-refractivity contribution in [3.05, 3.63) is 30.5 Å². The van der Waals surface area contributed by atoms with Gasteiger partial charge in [0.05, 0.1) is 32.9 Å². The maximum Gasteiger partial charge on any atom is 0.204 e. The van der Waals surface area contributed by atoms with E-state index in [9.17, 15) is 4.79 Å². The molecule has 0 N–H and O–H groups in total. The highest BCUT2D eigenvalue weighted by Crippen LogP contribution is 2.45. The SMILES string of the molecule is COc1cc2c(N3CCCC(C(=O)c4nccn4C)C3)nncc2c(OC)c1OC. The lowest BCUT2D eigenvalue weighted by Crippen LogP contribution is -2.40. The van der Waals surface area contributed by atoms with Crippen molar-refractivity contribution >= 4 is 22.4 Å². The molecule has 1 saturated heterocycles. The van der Waals surface area contributed by atoms with Crippen molar-refractivity contribution < 1.29 is 19.0 Å². The second kappa shape index (κ2) is 8.17. The molecule has 1 aliphatic rings. The quantitative estimate of drug-likeness (QED) is 0.572. The third-order valence-corrected chi connectivity index (χ3v) is 5.58. The van der Waals surface area contributed by atoms with Crippen molar-refractivity contribution in [3.8, 4) is 17.2 Å². The number of rotatable bonds is 6. The first-order chi connectivity index (χ1) is 14.6. The lowest BCUT2D eigenvalue weighted by atomic mass is 9.93. The van der Waals surface area contributed by atoms with E-state index in [1.165, 1.54) is 0 Å². The summed E-state index contributed by atoms with van der Waals surface area (Å²) in [6.45, 7) is 1.34. The van der Waals surface area contributed by atoms with E-state index in [4.69, 9.17) is 14.2 Å². The third kappa shape index (κ3) is 3.30. The van der Waals surface area contributed by atoms with Gasteiger partial charge in [0.25, 0.3) is 0 Å². The summed E-state index contributed by atoms with van der Waals surface area (Å²) in [5.41, 5.74) is 0. The molecule has 4 rings (SSSR count). The molecule has 1 atom stereocenters. The Hall–Kier alpha value is -3.36. The highest BCUT2D eigenvalue weighted by atomic mass is 16.5. The second-order valence-corrected chi connectivity index (χ2v) is 7.29. The predicted octanol–water partition coefficient (Wildman–Crippen LogP) is 2.49. The van der Waals surface area contributed by atoms with Crippen LogP contribution in [0.25, 0.3) is 10.8 Å². The van der Waals surface area contributed by atoms with Gasteiger partial charge in [-0.1, -0.05) is 0 Å². The number of anilines is 1. The Kier molecular flexibility index (Phi) is 5.43. The number of aromatic nitrogens is 4. The van der Waals surface area contributed by atoms with E-state index in [0.29, 0.717) is 35.4 Å². The zero-order valence-electron chi connectivity index (χ0n) is 17.6. The van der Waals surface area contributed by atoms with E-state index in [-0.39, 0.29) is 11.7 Å². The van der Waals surface area contributed by atoms with Crippen LogP contribution < -0.4 is 19.1 Å². The maximum atomic E-state index is 13.0. The van der Waals surface area contributed by atoms with Gasteiger partial charge >= 0.3 is 0 Å². The number of hydrogen-bond donors (Lipinski definition) is 0. The first-order valence-electron chi connectivity index (χ1n) is 9.79. The summed E-state index contributed by atoms with van der Waals surface area (Å²) in [6.07, 6.45) is 6.79. The first kappa shape index (κ1) is 19.9. The minimum absolute atomic E-state index is 0.0530. The van der Waals surface area contributed by atoms with Crippen molar-refractivity contribution in [1.29, 1.82) is 0 Å². The molecule has 3 aromatic rings. The van der Waals surface area contributed by atoms with Crippen LogP contribution in [0.1, 0.15) is 23.5 Å². The molecule has 30 heavy (non-hydrogen) atoms. The zero-order valence-corrected chi connectivity index (χ0v) is 17.6. The molecule has 3 heterocycles. The van der Waals surface area contributed by atoms with Gasteiger partial charge in [0.1, 0.15) is 0 Å². The van der Waals surface area contributed by atoms with E-state index >= 15 is 0 Å². The molecule has 0 amide bonds. The van der Waals surface area contributed by atoms with Crippen LogP contribution in [0, 0.1) is 5.92 Å². The average molecular weight is 411 g/mol. The monoisotopic (exact) mass is 411 g/mol. The normalized spacial score (nSPS) is 16.5. The zero-order chi connectivity index (χ0) is 21.3. The number of benzene rings is 1. The number of Topliss-reactive ketones (excluding diaryl/α,β-unsaturated/α-hetero) is 1. The van der Waals surface area contributed by atoms with Gasteiger partial charge in [0.15, 0.2) is 23.1 Å². The lowest BCUT2D eigenvalue weighted by molar-refractivity contribution is 0.0893. The van der Waals surface area contributed by atoms with Crippen LogP contribution in [0.4, 0.5) is 5.82 Å². The number of carbonyl (C=O) groups is 1. The van der Waals surface area contributed by atoms with Gasteiger partial charge in [-0.3, -0.25) is 4.79 Å². The lowest BCUT2D eigenvalue weighted by Gasteiger charge is -2.33. The van der Waals surface area contributed by atoms with E-state index in [1.807, 2.05) is 13.1 Å². The summed E-state index contributed by atoms with van der Waals surface area (Å²) >= 11 is 0. The van der Waals surface area contributed by atoms with Crippen LogP contribution in [0.2, 0.25) is 0 Å².